The van der Waals surface area contributed by atoms with E-state index in [0.29, 0.717) is 13.0 Å². The Kier molecular flexibility index (Phi) is 3.85. The summed E-state index contributed by atoms with van der Waals surface area (Å²) in [6.07, 6.45) is 0.356. The minimum absolute atomic E-state index is 0.190. The summed E-state index contributed by atoms with van der Waals surface area (Å²) < 4.78 is 0. The first-order valence-corrected chi connectivity index (χ1v) is 6.34. The molecule has 0 spiro atoms. The number of nitrogens with zero attached hydrogens (tertiary/aromatic N) is 1. The second-order valence-corrected chi connectivity index (χ2v) is 4.93. The van der Waals surface area contributed by atoms with Crippen LogP contribution >= 0.6 is 0 Å². The van der Waals surface area contributed by atoms with Gasteiger partial charge in [0.2, 0.25) is 5.91 Å². The molecular formula is C14H18N2O3. The predicted octanol–water partition coefficient (Wildman–Crippen LogP) is 0.619. The van der Waals surface area contributed by atoms with Crippen LogP contribution in [-0.2, 0) is 22.6 Å². The van der Waals surface area contributed by atoms with Gasteiger partial charge in [-0.1, -0.05) is 31.2 Å². The lowest BCUT2D eigenvalue weighted by Gasteiger charge is -2.35. The Morgan fingerprint density at radius 1 is 1.42 bits per heavy atom. The highest BCUT2D eigenvalue weighted by atomic mass is 16.4. The molecule has 19 heavy (non-hydrogen) atoms. The number of benzene rings is 1. The van der Waals surface area contributed by atoms with E-state index in [0.717, 1.165) is 11.1 Å². The van der Waals surface area contributed by atoms with Crippen LogP contribution < -0.4 is 5.73 Å². The molecule has 3 N–H and O–H groups in total. The third kappa shape index (κ3) is 2.61. The Balaban J connectivity index is 2.31. The Labute approximate surface area is 112 Å². The van der Waals surface area contributed by atoms with Crippen molar-refractivity contribution in [3.8, 4) is 0 Å². The molecule has 1 unspecified atom stereocenters. The molecule has 0 bridgehead atoms. The molecule has 5 heteroatoms. The van der Waals surface area contributed by atoms with Crippen LogP contribution in [0, 0.1) is 5.92 Å². The Morgan fingerprint density at radius 3 is 2.63 bits per heavy atom. The molecule has 0 radical (unpaired) electrons. The van der Waals surface area contributed by atoms with Crippen molar-refractivity contribution in [3.05, 3.63) is 35.4 Å². The van der Waals surface area contributed by atoms with Gasteiger partial charge in [-0.2, -0.15) is 0 Å². The standard InChI is InChI=1S/C14H18N2O3/c1-9(7-15)13(17)16-8-11-5-3-2-4-10(11)6-12(16)14(18)19/h2-5,9,12H,6-8,15H2,1H3,(H,18,19)/t9?,12-/m1/s1. The smallest absolute Gasteiger partial charge is 0.326 e. The molecule has 102 valence electrons. The average Bonchev–Trinajstić information content (AvgIpc) is 2.44. The van der Waals surface area contributed by atoms with Crippen LogP contribution in [0.1, 0.15) is 18.1 Å². The lowest BCUT2D eigenvalue weighted by atomic mass is 9.93. The number of carbonyl (C=O) groups is 2. The molecule has 0 aliphatic carbocycles. The molecule has 5 nitrogen and oxygen atoms in total. The highest BCUT2D eigenvalue weighted by Gasteiger charge is 2.35. The molecule has 0 saturated heterocycles. The summed E-state index contributed by atoms with van der Waals surface area (Å²) in [6.45, 7) is 2.29. The van der Waals surface area contributed by atoms with E-state index in [1.807, 2.05) is 24.3 Å². The first-order valence-electron chi connectivity index (χ1n) is 6.34. The van der Waals surface area contributed by atoms with Gasteiger partial charge in [0, 0.05) is 25.4 Å². The van der Waals surface area contributed by atoms with E-state index < -0.39 is 12.0 Å². The number of aliphatic carboxylic acids is 1. The minimum Gasteiger partial charge on any atom is -0.480 e. The topological polar surface area (TPSA) is 83.6 Å². The van der Waals surface area contributed by atoms with Crippen molar-refractivity contribution in [2.75, 3.05) is 6.54 Å². The number of carbonyl (C=O) groups excluding carboxylic acids is 1. The van der Waals surface area contributed by atoms with Crippen LogP contribution in [0.5, 0.6) is 0 Å². The van der Waals surface area contributed by atoms with E-state index in [2.05, 4.69) is 0 Å². The van der Waals surface area contributed by atoms with E-state index in [-0.39, 0.29) is 18.4 Å². The van der Waals surface area contributed by atoms with Gasteiger partial charge in [0.25, 0.3) is 0 Å². The van der Waals surface area contributed by atoms with Crippen molar-refractivity contribution >= 4 is 11.9 Å². The first kappa shape index (κ1) is 13.5. The van der Waals surface area contributed by atoms with Crippen LogP contribution in [0.2, 0.25) is 0 Å². The number of rotatable bonds is 3. The van der Waals surface area contributed by atoms with Crippen LogP contribution in [0.4, 0.5) is 0 Å². The molecule has 0 saturated carbocycles. The Morgan fingerprint density at radius 2 is 2.05 bits per heavy atom. The molecule has 1 aromatic rings. The van der Waals surface area contributed by atoms with Gasteiger partial charge in [0.1, 0.15) is 6.04 Å². The van der Waals surface area contributed by atoms with Gasteiger partial charge in [-0.25, -0.2) is 4.79 Å². The highest BCUT2D eigenvalue weighted by Crippen LogP contribution is 2.24. The highest BCUT2D eigenvalue weighted by molar-refractivity contribution is 5.85. The summed E-state index contributed by atoms with van der Waals surface area (Å²) in [6, 6.07) is 6.84. The summed E-state index contributed by atoms with van der Waals surface area (Å²) in [4.78, 5) is 25.0. The largest absolute Gasteiger partial charge is 0.480 e. The van der Waals surface area contributed by atoms with Crippen LogP contribution in [-0.4, -0.2) is 34.5 Å². The lowest BCUT2D eigenvalue weighted by molar-refractivity contribution is -0.152. The maximum Gasteiger partial charge on any atom is 0.326 e. The van der Waals surface area contributed by atoms with Gasteiger partial charge in [0.05, 0.1) is 0 Å². The Bertz CT molecular complexity index is 501. The van der Waals surface area contributed by atoms with Gasteiger partial charge >= 0.3 is 5.97 Å². The van der Waals surface area contributed by atoms with E-state index in [9.17, 15) is 14.7 Å². The first-order chi connectivity index (χ1) is 9.04. The second-order valence-electron chi connectivity index (χ2n) is 4.93. The molecule has 1 amide bonds. The van der Waals surface area contributed by atoms with E-state index >= 15 is 0 Å². The summed E-state index contributed by atoms with van der Waals surface area (Å²) in [7, 11) is 0. The average molecular weight is 262 g/mol. The van der Waals surface area contributed by atoms with Gasteiger partial charge in [-0.15, -0.1) is 0 Å². The number of carboxylic acids is 1. The van der Waals surface area contributed by atoms with E-state index in [1.165, 1.54) is 4.90 Å². The summed E-state index contributed by atoms with van der Waals surface area (Å²) in [5.74, 6) is -1.51. The van der Waals surface area contributed by atoms with Crippen LogP contribution in [0.15, 0.2) is 24.3 Å². The normalized spacial score (nSPS) is 19.7. The maximum atomic E-state index is 12.2. The van der Waals surface area contributed by atoms with Crippen molar-refractivity contribution in [2.24, 2.45) is 11.7 Å². The molecule has 2 rings (SSSR count). The molecule has 1 heterocycles. The molecule has 1 aliphatic heterocycles. The zero-order chi connectivity index (χ0) is 14.0. The monoisotopic (exact) mass is 262 g/mol. The molecule has 2 atom stereocenters. The Hall–Kier alpha value is -1.88. The summed E-state index contributed by atoms with van der Waals surface area (Å²) in [5.41, 5.74) is 7.51. The zero-order valence-corrected chi connectivity index (χ0v) is 10.9. The fraction of sp³-hybridized carbons (Fsp3) is 0.429. The number of carboxylic acid groups (broad SMARTS) is 1. The van der Waals surface area contributed by atoms with Crippen molar-refractivity contribution in [2.45, 2.75) is 25.9 Å². The van der Waals surface area contributed by atoms with Crippen LogP contribution in [0.25, 0.3) is 0 Å². The van der Waals surface area contributed by atoms with Crippen molar-refractivity contribution in [1.29, 1.82) is 0 Å². The van der Waals surface area contributed by atoms with Gasteiger partial charge in [-0.05, 0) is 11.1 Å². The minimum atomic E-state index is -0.966. The molecule has 0 aromatic heterocycles. The fourth-order valence-electron chi connectivity index (χ4n) is 2.36. The molecule has 1 aliphatic rings. The summed E-state index contributed by atoms with van der Waals surface area (Å²) >= 11 is 0. The van der Waals surface area contributed by atoms with E-state index in [4.69, 9.17) is 5.73 Å². The van der Waals surface area contributed by atoms with Crippen molar-refractivity contribution < 1.29 is 14.7 Å². The third-order valence-corrected chi connectivity index (χ3v) is 3.59. The predicted molar refractivity (Wildman–Crippen MR) is 70.3 cm³/mol. The summed E-state index contributed by atoms with van der Waals surface area (Å²) in [5, 5.41) is 9.31. The number of hydrogen-bond acceptors (Lipinski definition) is 3. The number of nitrogens with two attached hydrogens (primary N) is 1. The van der Waals surface area contributed by atoms with Crippen LogP contribution in [0.3, 0.4) is 0 Å². The van der Waals surface area contributed by atoms with E-state index in [1.54, 1.807) is 6.92 Å². The molecule has 0 fully saturated rings. The number of amides is 1. The number of fused-ring (bicyclic) bond motifs is 1. The SMILES string of the molecule is CC(CN)C(=O)N1Cc2ccccc2C[C@@H]1C(=O)O. The fourth-order valence-corrected chi connectivity index (χ4v) is 2.36. The number of hydrogen-bond donors (Lipinski definition) is 2. The third-order valence-electron chi connectivity index (χ3n) is 3.59. The second kappa shape index (κ2) is 5.40. The van der Waals surface area contributed by atoms with Gasteiger partial charge in [0.15, 0.2) is 0 Å². The van der Waals surface area contributed by atoms with Gasteiger partial charge < -0.3 is 15.7 Å². The van der Waals surface area contributed by atoms with Gasteiger partial charge in [-0.3, -0.25) is 4.79 Å². The van der Waals surface area contributed by atoms with Crippen molar-refractivity contribution in [3.63, 3.8) is 0 Å². The maximum absolute atomic E-state index is 12.2. The van der Waals surface area contributed by atoms with Crippen molar-refractivity contribution in [1.82, 2.24) is 4.90 Å². The molecule has 1 aromatic carbocycles. The zero-order valence-electron chi connectivity index (χ0n) is 10.9. The lowest BCUT2D eigenvalue weighted by Crippen LogP contribution is -2.51. The molecular weight excluding hydrogens is 244 g/mol. The quantitative estimate of drug-likeness (QED) is 0.836.